The van der Waals surface area contributed by atoms with Crippen molar-refractivity contribution in [3.63, 3.8) is 0 Å². The molecule has 186 valence electrons. The second-order valence-electron chi connectivity index (χ2n) is 9.15. The van der Waals surface area contributed by atoms with Crippen LogP contribution in [0.3, 0.4) is 0 Å². The topological polar surface area (TPSA) is 69.6 Å². The first-order valence-electron chi connectivity index (χ1n) is 12.2. The molecule has 0 spiro atoms. The highest BCUT2D eigenvalue weighted by atomic mass is 35.5. The van der Waals surface area contributed by atoms with Crippen LogP contribution in [-0.4, -0.2) is 70.6 Å². The lowest BCUT2D eigenvalue weighted by molar-refractivity contribution is -0.131. The van der Waals surface area contributed by atoms with Crippen LogP contribution in [0.15, 0.2) is 60.7 Å². The van der Waals surface area contributed by atoms with Gasteiger partial charge in [0, 0.05) is 48.4 Å². The van der Waals surface area contributed by atoms with E-state index in [1.165, 1.54) is 0 Å². The molecular formula is C27H27Cl2N5O2. The summed E-state index contributed by atoms with van der Waals surface area (Å²) in [6.45, 7) is 2.74. The molecule has 2 aliphatic rings. The molecule has 9 heteroatoms. The van der Waals surface area contributed by atoms with Crippen LogP contribution < -0.4 is 4.90 Å². The summed E-state index contributed by atoms with van der Waals surface area (Å²) in [7, 11) is 0. The third-order valence-corrected chi connectivity index (χ3v) is 7.20. The fourth-order valence-electron chi connectivity index (χ4n) is 4.46. The molecular weight excluding hydrogens is 497 g/mol. The molecule has 1 aromatic heterocycles. The van der Waals surface area contributed by atoms with Crippen molar-refractivity contribution in [3.8, 4) is 11.3 Å². The van der Waals surface area contributed by atoms with Crippen LogP contribution in [-0.2, 0) is 4.79 Å². The second kappa shape index (κ2) is 10.8. The van der Waals surface area contributed by atoms with E-state index in [-0.39, 0.29) is 24.4 Å². The summed E-state index contributed by atoms with van der Waals surface area (Å²) in [6, 6.07) is 18.4. The number of amides is 2. The molecule has 3 aromatic rings. The van der Waals surface area contributed by atoms with Crippen molar-refractivity contribution in [3.05, 3.63) is 76.3 Å². The number of rotatable bonds is 6. The minimum atomic E-state index is -0.118. The third-order valence-electron chi connectivity index (χ3n) is 6.62. The molecule has 1 saturated carbocycles. The van der Waals surface area contributed by atoms with E-state index in [1.807, 2.05) is 41.3 Å². The predicted molar refractivity (Wildman–Crippen MR) is 141 cm³/mol. The Labute approximate surface area is 220 Å². The zero-order chi connectivity index (χ0) is 25.1. The highest BCUT2D eigenvalue weighted by molar-refractivity contribution is 6.33. The molecule has 0 N–H and O–H groups in total. The van der Waals surface area contributed by atoms with E-state index in [2.05, 4.69) is 15.1 Å². The summed E-state index contributed by atoms with van der Waals surface area (Å²) in [5, 5.41) is 10.0. The lowest BCUT2D eigenvalue weighted by atomic mass is 10.1. The molecule has 2 aromatic carbocycles. The summed E-state index contributed by atoms with van der Waals surface area (Å²) in [6.07, 6.45) is 2.68. The van der Waals surface area contributed by atoms with Gasteiger partial charge < -0.3 is 14.7 Å². The number of anilines is 1. The number of nitrogens with zero attached hydrogens (tertiary/aromatic N) is 5. The van der Waals surface area contributed by atoms with Gasteiger partial charge in [-0.15, -0.1) is 10.2 Å². The van der Waals surface area contributed by atoms with Gasteiger partial charge in [0.15, 0.2) is 5.82 Å². The summed E-state index contributed by atoms with van der Waals surface area (Å²) < 4.78 is 0. The first-order chi connectivity index (χ1) is 17.5. The third kappa shape index (κ3) is 5.63. The van der Waals surface area contributed by atoms with E-state index < -0.39 is 0 Å². The molecule has 0 atom stereocenters. The summed E-state index contributed by atoms with van der Waals surface area (Å²) in [5.74, 6) is 0.636. The molecule has 1 saturated heterocycles. The van der Waals surface area contributed by atoms with Crippen molar-refractivity contribution in [1.82, 2.24) is 20.0 Å². The van der Waals surface area contributed by atoms with Crippen molar-refractivity contribution in [2.24, 2.45) is 0 Å². The van der Waals surface area contributed by atoms with Gasteiger partial charge in [0.05, 0.1) is 10.7 Å². The van der Waals surface area contributed by atoms with Crippen LogP contribution >= 0.6 is 23.2 Å². The molecule has 2 heterocycles. The van der Waals surface area contributed by atoms with E-state index >= 15 is 0 Å². The Morgan fingerprint density at radius 1 is 0.889 bits per heavy atom. The fourth-order valence-corrected chi connectivity index (χ4v) is 4.82. The van der Waals surface area contributed by atoms with Gasteiger partial charge in [-0.1, -0.05) is 41.4 Å². The van der Waals surface area contributed by atoms with Gasteiger partial charge in [0.1, 0.15) is 6.54 Å². The summed E-state index contributed by atoms with van der Waals surface area (Å²) in [4.78, 5) is 32.0. The minimum absolute atomic E-state index is 0.0220. The van der Waals surface area contributed by atoms with Crippen LogP contribution in [0.2, 0.25) is 10.0 Å². The smallest absolute Gasteiger partial charge is 0.254 e. The Hall–Kier alpha value is -3.16. The van der Waals surface area contributed by atoms with E-state index in [1.54, 1.807) is 29.2 Å². The largest absolute Gasteiger partial charge is 0.353 e. The van der Waals surface area contributed by atoms with Crippen molar-refractivity contribution in [2.45, 2.75) is 25.3 Å². The highest BCUT2D eigenvalue weighted by Gasteiger charge is 2.35. The SMILES string of the molecule is O=C(CN(C(=O)c1ccc(Cl)cc1)C1CC1)N1CCCN(c2ccc(-c3ccccc3Cl)nn2)CC1. The van der Waals surface area contributed by atoms with E-state index in [0.29, 0.717) is 35.2 Å². The van der Waals surface area contributed by atoms with Crippen LogP contribution in [0.5, 0.6) is 0 Å². The zero-order valence-electron chi connectivity index (χ0n) is 19.8. The van der Waals surface area contributed by atoms with Gasteiger partial charge in [-0.2, -0.15) is 0 Å². The van der Waals surface area contributed by atoms with E-state index in [4.69, 9.17) is 23.2 Å². The van der Waals surface area contributed by atoms with E-state index in [9.17, 15) is 9.59 Å². The number of carbonyl (C=O) groups excluding carboxylic acids is 2. The Morgan fingerprint density at radius 2 is 1.67 bits per heavy atom. The molecule has 7 nitrogen and oxygen atoms in total. The summed E-state index contributed by atoms with van der Waals surface area (Å²) >= 11 is 12.3. The number of carbonyl (C=O) groups is 2. The standard InChI is InChI=1S/C27H27Cl2N5O2/c28-20-8-6-19(7-9-20)27(36)34(21-10-11-21)18-26(35)33-15-3-14-32(16-17-33)25-13-12-24(30-31-25)22-4-1-2-5-23(22)29/h1-2,4-9,12-13,21H,3,10-11,14-18H2. The number of aromatic nitrogens is 2. The average Bonchev–Trinajstić information content (AvgIpc) is 3.75. The molecule has 0 bridgehead atoms. The van der Waals surface area contributed by atoms with Crippen LogP contribution in [0, 0.1) is 0 Å². The summed E-state index contributed by atoms with van der Waals surface area (Å²) in [5.41, 5.74) is 2.13. The van der Waals surface area contributed by atoms with Gasteiger partial charge >= 0.3 is 0 Å². The van der Waals surface area contributed by atoms with Crippen LogP contribution in [0.4, 0.5) is 5.82 Å². The van der Waals surface area contributed by atoms with Gasteiger partial charge in [-0.05, 0) is 61.7 Å². The first kappa shape index (κ1) is 24.5. The van der Waals surface area contributed by atoms with Crippen molar-refractivity contribution < 1.29 is 9.59 Å². The average molecular weight is 524 g/mol. The Morgan fingerprint density at radius 3 is 2.36 bits per heavy atom. The first-order valence-corrected chi connectivity index (χ1v) is 12.9. The lowest BCUT2D eigenvalue weighted by Gasteiger charge is -2.27. The minimum Gasteiger partial charge on any atom is -0.353 e. The van der Waals surface area contributed by atoms with E-state index in [0.717, 1.165) is 42.9 Å². The molecule has 2 amide bonds. The Kier molecular flexibility index (Phi) is 7.39. The number of benzene rings is 2. The van der Waals surface area contributed by atoms with Gasteiger partial charge in [-0.3, -0.25) is 9.59 Å². The maximum Gasteiger partial charge on any atom is 0.254 e. The Balaban J connectivity index is 1.21. The lowest BCUT2D eigenvalue weighted by Crippen LogP contribution is -2.45. The second-order valence-corrected chi connectivity index (χ2v) is 9.99. The fraction of sp³-hybridized carbons (Fsp3) is 0.333. The maximum atomic E-state index is 13.2. The predicted octanol–water partition coefficient (Wildman–Crippen LogP) is 4.79. The Bertz CT molecular complexity index is 1230. The number of halogens is 2. The molecule has 1 aliphatic heterocycles. The van der Waals surface area contributed by atoms with Gasteiger partial charge in [0.25, 0.3) is 5.91 Å². The van der Waals surface area contributed by atoms with Crippen molar-refractivity contribution in [2.75, 3.05) is 37.6 Å². The molecule has 0 unspecified atom stereocenters. The quantitative estimate of drug-likeness (QED) is 0.464. The number of hydrogen-bond donors (Lipinski definition) is 0. The highest BCUT2D eigenvalue weighted by Crippen LogP contribution is 2.29. The zero-order valence-corrected chi connectivity index (χ0v) is 21.3. The molecule has 2 fully saturated rings. The van der Waals surface area contributed by atoms with Crippen molar-refractivity contribution >= 4 is 40.8 Å². The normalized spacial score (nSPS) is 15.9. The molecule has 36 heavy (non-hydrogen) atoms. The maximum absolute atomic E-state index is 13.2. The monoisotopic (exact) mass is 523 g/mol. The van der Waals surface area contributed by atoms with Crippen LogP contribution in [0.1, 0.15) is 29.6 Å². The molecule has 0 radical (unpaired) electrons. The molecule has 1 aliphatic carbocycles. The van der Waals surface area contributed by atoms with Crippen LogP contribution in [0.25, 0.3) is 11.3 Å². The molecule has 5 rings (SSSR count). The van der Waals surface area contributed by atoms with Crippen molar-refractivity contribution in [1.29, 1.82) is 0 Å². The number of hydrogen-bond acceptors (Lipinski definition) is 5. The van der Waals surface area contributed by atoms with Gasteiger partial charge in [0.2, 0.25) is 5.91 Å². The van der Waals surface area contributed by atoms with Gasteiger partial charge in [-0.25, -0.2) is 0 Å².